The zero-order chi connectivity index (χ0) is 22.0. The van der Waals surface area contributed by atoms with Gasteiger partial charge in [-0.3, -0.25) is 9.59 Å². The summed E-state index contributed by atoms with van der Waals surface area (Å²) in [6, 6.07) is 3.59. The average molecular weight is 411 g/mol. The highest BCUT2D eigenvalue weighted by atomic mass is 16.5. The van der Waals surface area contributed by atoms with Gasteiger partial charge in [0.1, 0.15) is 11.5 Å². The van der Waals surface area contributed by atoms with Crippen LogP contribution in [0.5, 0.6) is 11.5 Å². The summed E-state index contributed by atoms with van der Waals surface area (Å²) >= 11 is 0. The standard InChI is InChI=1S/C25H30O5/c1-13-7-14(8-17(29-6)23(13)28)20-21-15(26)9-24(2,3)11-18(21)30-19-12-25(4,5)10-16(27)22(19)20/h7-8,20,28H,9-12H2,1-6H3. The van der Waals surface area contributed by atoms with Crippen LogP contribution in [0.4, 0.5) is 0 Å². The van der Waals surface area contributed by atoms with E-state index in [4.69, 9.17) is 9.47 Å². The molecule has 0 spiro atoms. The molecule has 0 fully saturated rings. The van der Waals surface area contributed by atoms with E-state index in [1.54, 1.807) is 13.0 Å². The molecule has 0 aromatic heterocycles. The van der Waals surface area contributed by atoms with Crippen LogP contribution in [0.15, 0.2) is 34.8 Å². The van der Waals surface area contributed by atoms with Gasteiger partial charge in [0.05, 0.1) is 7.11 Å². The predicted octanol–water partition coefficient (Wildman–Crippen LogP) is 5.11. The number of phenolic OH excluding ortho intramolecular Hbond substituents is 1. The first-order chi connectivity index (χ1) is 13.9. The number of allylic oxidation sites excluding steroid dienone is 4. The molecular formula is C25H30O5. The van der Waals surface area contributed by atoms with Gasteiger partial charge >= 0.3 is 0 Å². The van der Waals surface area contributed by atoms with Gasteiger partial charge in [-0.1, -0.05) is 33.8 Å². The van der Waals surface area contributed by atoms with Crippen LogP contribution in [0, 0.1) is 17.8 Å². The van der Waals surface area contributed by atoms with Gasteiger partial charge in [-0.05, 0) is 34.9 Å². The third-order valence-electron chi connectivity index (χ3n) is 6.42. The van der Waals surface area contributed by atoms with Crippen LogP contribution in [-0.2, 0) is 14.3 Å². The number of phenols is 1. The summed E-state index contributed by atoms with van der Waals surface area (Å²) < 4.78 is 11.7. The van der Waals surface area contributed by atoms with Crippen molar-refractivity contribution >= 4 is 11.6 Å². The molecule has 0 saturated heterocycles. The molecule has 0 unspecified atom stereocenters. The Labute approximate surface area is 177 Å². The first-order valence-corrected chi connectivity index (χ1v) is 10.5. The summed E-state index contributed by atoms with van der Waals surface area (Å²) in [4.78, 5) is 26.6. The molecule has 2 aliphatic carbocycles. The second kappa shape index (κ2) is 6.73. The van der Waals surface area contributed by atoms with Crippen molar-refractivity contribution in [2.24, 2.45) is 10.8 Å². The van der Waals surface area contributed by atoms with Crippen LogP contribution >= 0.6 is 0 Å². The molecule has 3 aliphatic rings. The number of methoxy groups -OCH3 is 1. The lowest BCUT2D eigenvalue weighted by atomic mass is 9.65. The lowest BCUT2D eigenvalue weighted by Gasteiger charge is -2.42. The van der Waals surface area contributed by atoms with E-state index in [1.165, 1.54) is 7.11 Å². The van der Waals surface area contributed by atoms with Gasteiger partial charge in [0.15, 0.2) is 23.1 Å². The van der Waals surface area contributed by atoms with Gasteiger partial charge in [0, 0.05) is 42.7 Å². The molecule has 1 aliphatic heterocycles. The highest BCUT2D eigenvalue weighted by Gasteiger charge is 2.48. The average Bonchev–Trinajstić information content (AvgIpc) is 2.60. The summed E-state index contributed by atoms with van der Waals surface area (Å²) in [5.74, 6) is 1.37. The Morgan fingerprint density at radius 3 is 1.90 bits per heavy atom. The number of carbonyl (C=O) groups is 2. The second-order valence-electron chi connectivity index (χ2n) is 10.5. The lowest BCUT2D eigenvalue weighted by molar-refractivity contribution is -0.120. The van der Waals surface area contributed by atoms with E-state index in [1.807, 2.05) is 6.07 Å². The maximum absolute atomic E-state index is 13.3. The van der Waals surface area contributed by atoms with E-state index >= 15 is 0 Å². The summed E-state index contributed by atoms with van der Waals surface area (Å²) in [5, 5.41) is 10.3. The monoisotopic (exact) mass is 410 g/mol. The third kappa shape index (κ3) is 3.34. The van der Waals surface area contributed by atoms with Gasteiger partial charge < -0.3 is 14.6 Å². The Morgan fingerprint density at radius 2 is 1.43 bits per heavy atom. The number of ether oxygens (including phenoxy) is 2. The van der Waals surface area contributed by atoms with E-state index < -0.39 is 5.92 Å². The number of Topliss-reactive ketones (excluding diaryl/α,β-unsaturated/α-hetero) is 2. The minimum absolute atomic E-state index is 0.0279. The Hall–Kier alpha value is -2.56. The Balaban J connectivity index is 1.96. The van der Waals surface area contributed by atoms with Crippen molar-refractivity contribution in [3.63, 3.8) is 0 Å². The van der Waals surface area contributed by atoms with Crippen LogP contribution < -0.4 is 4.74 Å². The largest absolute Gasteiger partial charge is 0.504 e. The van der Waals surface area contributed by atoms with Crippen molar-refractivity contribution in [3.8, 4) is 11.5 Å². The van der Waals surface area contributed by atoms with Crippen molar-refractivity contribution < 1.29 is 24.2 Å². The summed E-state index contributed by atoms with van der Waals surface area (Å²) in [6.07, 6.45) is 2.15. The summed E-state index contributed by atoms with van der Waals surface area (Å²) in [5.41, 5.74) is 2.24. The van der Waals surface area contributed by atoms with Crippen LogP contribution in [0.2, 0.25) is 0 Å². The van der Waals surface area contributed by atoms with E-state index in [2.05, 4.69) is 27.7 Å². The number of rotatable bonds is 2. The molecule has 160 valence electrons. The molecule has 4 rings (SSSR count). The molecule has 0 radical (unpaired) electrons. The number of benzene rings is 1. The third-order valence-corrected chi connectivity index (χ3v) is 6.42. The van der Waals surface area contributed by atoms with E-state index in [9.17, 15) is 14.7 Å². The van der Waals surface area contributed by atoms with Crippen molar-refractivity contribution in [1.82, 2.24) is 0 Å². The molecule has 5 nitrogen and oxygen atoms in total. The summed E-state index contributed by atoms with van der Waals surface area (Å²) in [7, 11) is 1.50. The zero-order valence-electron chi connectivity index (χ0n) is 18.6. The van der Waals surface area contributed by atoms with E-state index in [0.717, 1.165) is 5.56 Å². The molecule has 1 aromatic rings. The van der Waals surface area contributed by atoms with Gasteiger partial charge in [-0.25, -0.2) is 0 Å². The summed E-state index contributed by atoms with van der Waals surface area (Å²) in [6.45, 7) is 10.1. The molecule has 0 atom stereocenters. The molecule has 1 heterocycles. The number of hydrogen-bond acceptors (Lipinski definition) is 5. The predicted molar refractivity (Wildman–Crippen MR) is 113 cm³/mol. The van der Waals surface area contributed by atoms with Gasteiger partial charge in [0.25, 0.3) is 0 Å². The Bertz CT molecular complexity index is 970. The fraction of sp³-hybridized carbons (Fsp3) is 0.520. The highest BCUT2D eigenvalue weighted by Crippen LogP contribution is 2.54. The number of carbonyl (C=O) groups excluding carboxylic acids is 2. The van der Waals surface area contributed by atoms with Crippen molar-refractivity contribution in [2.45, 2.75) is 66.2 Å². The van der Waals surface area contributed by atoms with Gasteiger partial charge in [0.2, 0.25) is 0 Å². The fourth-order valence-electron chi connectivity index (χ4n) is 5.10. The molecule has 0 bridgehead atoms. The van der Waals surface area contributed by atoms with Crippen LogP contribution in [0.25, 0.3) is 0 Å². The highest BCUT2D eigenvalue weighted by molar-refractivity contribution is 6.06. The molecular weight excluding hydrogens is 380 g/mol. The van der Waals surface area contributed by atoms with Crippen LogP contribution in [0.3, 0.4) is 0 Å². The molecule has 0 amide bonds. The lowest BCUT2D eigenvalue weighted by Crippen LogP contribution is -2.37. The minimum Gasteiger partial charge on any atom is -0.504 e. The molecule has 5 heteroatoms. The number of aryl methyl sites for hydroxylation is 1. The SMILES string of the molecule is COc1cc(C2C3=C(CC(C)(C)CC3=O)OC3=C2C(=O)CC(C)(C)C3)cc(C)c1O. The van der Waals surface area contributed by atoms with Crippen LogP contribution in [-0.4, -0.2) is 23.8 Å². The molecule has 30 heavy (non-hydrogen) atoms. The smallest absolute Gasteiger partial charge is 0.163 e. The Kier molecular flexibility index (Phi) is 4.64. The van der Waals surface area contributed by atoms with E-state index in [0.29, 0.717) is 59.7 Å². The minimum atomic E-state index is -0.482. The topological polar surface area (TPSA) is 72.8 Å². The first-order valence-electron chi connectivity index (χ1n) is 10.5. The normalized spacial score (nSPS) is 23.1. The maximum Gasteiger partial charge on any atom is 0.163 e. The van der Waals surface area contributed by atoms with Crippen molar-refractivity contribution in [2.75, 3.05) is 7.11 Å². The molecule has 1 aromatic carbocycles. The van der Waals surface area contributed by atoms with E-state index in [-0.39, 0.29) is 28.1 Å². The first kappa shape index (κ1) is 20.7. The number of hydrogen-bond donors (Lipinski definition) is 1. The fourth-order valence-corrected chi connectivity index (χ4v) is 5.10. The maximum atomic E-state index is 13.3. The van der Waals surface area contributed by atoms with Crippen molar-refractivity contribution in [1.29, 1.82) is 0 Å². The Morgan fingerprint density at radius 1 is 0.933 bits per heavy atom. The molecule has 0 saturated carbocycles. The van der Waals surface area contributed by atoms with Gasteiger partial charge in [-0.2, -0.15) is 0 Å². The van der Waals surface area contributed by atoms with Gasteiger partial charge in [-0.15, -0.1) is 0 Å². The number of aromatic hydroxyl groups is 1. The quantitative estimate of drug-likeness (QED) is 0.733. The van der Waals surface area contributed by atoms with Crippen LogP contribution in [0.1, 0.15) is 70.4 Å². The zero-order valence-corrected chi connectivity index (χ0v) is 18.6. The number of ketones is 2. The second-order valence-corrected chi connectivity index (χ2v) is 10.5. The van der Waals surface area contributed by atoms with Crippen molar-refractivity contribution in [3.05, 3.63) is 45.9 Å². The molecule has 1 N–H and O–H groups in total.